The first-order chi connectivity index (χ1) is 6.20. The van der Waals surface area contributed by atoms with E-state index in [2.05, 4.69) is 4.98 Å². The number of aromatic nitrogens is 1. The molecule has 1 aromatic heterocycles. The van der Waals surface area contributed by atoms with Gasteiger partial charge in [-0.1, -0.05) is 17.7 Å². The SMILES string of the molecule is CC(N)CSCc1cccnc1Cl. The molecule has 0 aliphatic carbocycles. The van der Waals surface area contributed by atoms with Gasteiger partial charge in [0, 0.05) is 23.7 Å². The van der Waals surface area contributed by atoms with E-state index in [1.54, 1.807) is 18.0 Å². The predicted octanol–water partition coefficient (Wildman–Crippen LogP) is 2.32. The fourth-order valence-corrected chi connectivity index (χ4v) is 2.09. The molecular formula is C9H13ClN2S. The van der Waals surface area contributed by atoms with Crippen molar-refractivity contribution in [1.82, 2.24) is 4.98 Å². The van der Waals surface area contributed by atoms with Crippen LogP contribution in [0.3, 0.4) is 0 Å². The lowest BCUT2D eigenvalue weighted by Gasteiger charge is -2.05. The molecular weight excluding hydrogens is 204 g/mol. The molecule has 0 spiro atoms. The van der Waals surface area contributed by atoms with Crippen LogP contribution in [0.2, 0.25) is 5.15 Å². The second kappa shape index (κ2) is 5.47. The van der Waals surface area contributed by atoms with Gasteiger partial charge in [-0.3, -0.25) is 0 Å². The summed E-state index contributed by atoms with van der Waals surface area (Å²) in [5.41, 5.74) is 6.70. The van der Waals surface area contributed by atoms with Crippen LogP contribution in [0, 0.1) is 0 Å². The highest BCUT2D eigenvalue weighted by molar-refractivity contribution is 7.98. The monoisotopic (exact) mass is 216 g/mol. The third-order valence-corrected chi connectivity index (χ3v) is 3.09. The van der Waals surface area contributed by atoms with E-state index in [1.165, 1.54) is 0 Å². The van der Waals surface area contributed by atoms with Crippen LogP contribution >= 0.6 is 23.4 Å². The van der Waals surface area contributed by atoms with Gasteiger partial charge in [0.05, 0.1) is 0 Å². The molecule has 0 amide bonds. The Kier molecular flexibility index (Phi) is 4.56. The van der Waals surface area contributed by atoms with E-state index in [4.69, 9.17) is 17.3 Å². The largest absolute Gasteiger partial charge is 0.327 e. The van der Waals surface area contributed by atoms with Gasteiger partial charge in [0.2, 0.25) is 0 Å². The summed E-state index contributed by atoms with van der Waals surface area (Å²) in [6, 6.07) is 4.12. The summed E-state index contributed by atoms with van der Waals surface area (Å²) in [5, 5.41) is 0.597. The molecule has 2 N–H and O–H groups in total. The Balaban J connectivity index is 2.41. The minimum Gasteiger partial charge on any atom is -0.327 e. The quantitative estimate of drug-likeness (QED) is 0.786. The molecule has 0 bridgehead atoms. The normalized spacial score (nSPS) is 12.8. The zero-order chi connectivity index (χ0) is 9.68. The van der Waals surface area contributed by atoms with Crippen LogP contribution in [-0.4, -0.2) is 16.8 Å². The zero-order valence-corrected chi connectivity index (χ0v) is 9.11. The van der Waals surface area contributed by atoms with Gasteiger partial charge in [-0.05, 0) is 18.6 Å². The van der Waals surface area contributed by atoms with Gasteiger partial charge in [0.25, 0.3) is 0 Å². The highest BCUT2D eigenvalue weighted by Crippen LogP contribution is 2.18. The van der Waals surface area contributed by atoms with Gasteiger partial charge in [-0.25, -0.2) is 4.98 Å². The average Bonchev–Trinajstić information content (AvgIpc) is 2.08. The van der Waals surface area contributed by atoms with Crippen LogP contribution < -0.4 is 5.73 Å². The number of thioether (sulfide) groups is 1. The lowest BCUT2D eigenvalue weighted by molar-refractivity contribution is 0.847. The molecule has 1 aromatic rings. The Bertz CT molecular complexity index is 266. The maximum absolute atomic E-state index is 5.88. The van der Waals surface area contributed by atoms with Crippen LogP contribution in [0.15, 0.2) is 18.3 Å². The molecule has 0 radical (unpaired) electrons. The van der Waals surface area contributed by atoms with E-state index in [0.717, 1.165) is 17.1 Å². The Hall–Kier alpha value is -0.250. The summed E-state index contributed by atoms with van der Waals surface area (Å²) >= 11 is 7.66. The molecule has 13 heavy (non-hydrogen) atoms. The van der Waals surface area contributed by atoms with Crippen LogP contribution in [-0.2, 0) is 5.75 Å². The van der Waals surface area contributed by atoms with E-state index >= 15 is 0 Å². The van der Waals surface area contributed by atoms with Crippen LogP contribution in [0.4, 0.5) is 0 Å². The van der Waals surface area contributed by atoms with Gasteiger partial charge < -0.3 is 5.73 Å². The first kappa shape index (κ1) is 10.8. The molecule has 72 valence electrons. The van der Waals surface area contributed by atoms with Crippen molar-refractivity contribution < 1.29 is 0 Å². The maximum atomic E-state index is 5.88. The van der Waals surface area contributed by atoms with E-state index in [9.17, 15) is 0 Å². The first-order valence-corrected chi connectivity index (χ1v) is 5.66. The second-order valence-corrected chi connectivity index (χ2v) is 4.33. The molecule has 1 rings (SSSR count). The number of halogens is 1. The Morgan fingerprint density at radius 2 is 2.46 bits per heavy atom. The summed E-state index contributed by atoms with van der Waals surface area (Å²) < 4.78 is 0. The summed E-state index contributed by atoms with van der Waals surface area (Å²) in [4.78, 5) is 4.00. The molecule has 1 heterocycles. The van der Waals surface area contributed by atoms with Crippen molar-refractivity contribution in [2.24, 2.45) is 5.73 Å². The fraction of sp³-hybridized carbons (Fsp3) is 0.444. The zero-order valence-electron chi connectivity index (χ0n) is 7.53. The van der Waals surface area contributed by atoms with Crippen molar-refractivity contribution >= 4 is 23.4 Å². The standard InChI is InChI=1S/C9H13ClN2S/c1-7(11)5-13-6-8-3-2-4-12-9(8)10/h2-4,7H,5-6,11H2,1H3. The van der Waals surface area contributed by atoms with Crippen LogP contribution in [0.1, 0.15) is 12.5 Å². The maximum Gasteiger partial charge on any atom is 0.133 e. The van der Waals surface area contributed by atoms with Crippen molar-refractivity contribution in [3.05, 3.63) is 29.0 Å². The second-order valence-electron chi connectivity index (χ2n) is 2.95. The predicted molar refractivity (Wildman–Crippen MR) is 59.1 cm³/mol. The summed E-state index contributed by atoms with van der Waals surface area (Å²) in [7, 11) is 0. The minimum absolute atomic E-state index is 0.237. The highest BCUT2D eigenvalue weighted by Gasteiger charge is 2.00. The van der Waals surface area contributed by atoms with E-state index < -0.39 is 0 Å². The fourth-order valence-electron chi connectivity index (χ4n) is 0.882. The molecule has 0 saturated heterocycles. The third-order valence-electron chi connectivity index (χ3n) is 1.47. The highest BCUT2D eigenvalue weighted by atomic mass is 35.5. The summed E-state index contributed by atoms with van der Waals surface area (Å²) in [5.74, 6) is 1.83. The van der Waals surface area contributed by atoms with E-state index in [-0.39, 0.29) is 6.04 Å². The van der Waals surface area contributed by atoms with Crippen molar-refractivity contribution in [2.75, 3.05) is 5.75 Å². The number of hydrogen-bond donors (Lipinski definition) is 1. The summed E-state index contributed by atoms with van der Waals surface area (Å²) in [6.07, 6.45) is 1.70. The molecule has 1 unspecified atom stereocenters. The number of rotatable bonds is 4. The smallest absolute Gasteiger partial charge is 0.133 e. The van der Waals surface area contributed by atoms with E-state index in [0.29, 0.717) is 5.15 Å². The Morgan fingerprint density at radius 3 is 3.08 bits per heavy atom. The molecule has 0 aliphatic heterocycles. The lowest BCUT2D eigenvalue weighted by atomic mass is 10.3. The topological polar surface area (TPSA) is 38.9 Å². The third kappa shape index (κ3) is 3.98. The van der Waals surface area contributed by atoms with Gasteiger partial charge >= 0.3 is 0 Å². The van der Waals surface area contributed by atoms with Crippen molar-refractivity contribution in [2.45, 2.75) is 18.7 Å². The average molecular weight is 217 g/mol. The molecule has 0 fully saturated rings. The van der Waals surface area contributed by atoms with Gasteiger partial charge in [-0.2, -0.15) is 11.8 Å². The van der Waals surface area contributed by atoms with Gasteiger partial charge in [-0.15, -0.1) is 0 Å². The molecule has 2 nitrogen and oxygen atoms in total. The molecule has 0 aliphatic rings. The van der Waals surface area contributed by atoms with E-state index in [1.807, 2.05) is 19.1 Å². The first-order valence-electron chi connectivity index (χ1n) is 4.13. The molecule has 1 atom stereocenters. The lowest BCUT2D eigenvalue weighted by Crippen LogP contribution is -2.17. The summed E-state index contributed by atoms with van der Waals surface area (Å²) in [6.45, 7) is 2.00. The number of hydrogen-bond acceptors (Lipinski definition) is 3. The Labute approximate surface area is 87.9 Å². The van der Waals surface area contributed by atoms with Crippen molar-refractivity contribution in [1.29, 1.82) is 0 Å². The Morgan fingerprint density at radius 1 is 1.69 bits per heavy atom. The molecule has 0 aromatic carbocycles. The van der Waals surface area contributed by atoms with Gasteiger partial charge in [0.1, 0.15) is 5.15 Å². The number of pyridine rings is 1. The van der Waals surface area contributed by atoms with Gasteiger partial charge in [0.15, 0.2) is 0 Å². The van der Waals surface area contributed by atoms with Crippen molar-refractivity contribution in [3.63, 3.8) is 0 Å². The molecule has 0 saturated carbocycles. The molecule has 4 heteroatoms. The van der Waals surface area contributed by atoms with Crippen molar-refractivity contribution in [3.8, 4) is 0 Å². The number of nitrogens with zero attached hydrogens (tertiary/aromatic N) is 1. The van der Waals surface area contributed by atoms with Crippen LogP contribution in [0.25, 0.3) is 0 Å². The minimum atomic E-state index is 0.237. The number of nitrogens with two attached hydrogens (primary N) is 1. The van der Waals surface area contributed by atoms with Crippen LogP contribution in [0.5, 0.6) is 0 Å².